The van der Waals surface area contributed by atoms with Crippen molar-refractivity contribution in [2.45, 2.75) is 51.2 Å². The number of para-hydroxylation sites is 1. The first-order chi connectivity index (χ1) is 14.7. The second kappa shape index (κ2) is 11.2. The molecule has 170 valence electrons. The summed E-state index contributed by atoms with van der Waals surface area (Å²) in [6.07, 6.45) is 4.42. The first-order valence-corrected chi connectivity index (χ1v) is 11.7. The topological polar surface area (TPSA) is 126 Å². The summed E-state index contributed by atoms with van der Waals surface area (Å²) in [6.45, 7) is 5.09. The molecule has 8 nitrogen and oxygen atoms in total. The zero-order chi connectivity index (χ0) is 23.0. The van der Waals surface area contributed by atoms with Crippen LogP contribution in [0.15, 0.2) is 30.5 Å². The molecular weight excluding hydrogens is 416 g/mol. The van der Waals surface area contributed by atoms with Gasteiger partial charge in [0.2, 0.25) is 11.8 Å². The third-order valence-electron chi connectivity index (χ3n) is 4.80. The molecule has 0 saturated carbocycles. The van der Waals surface area contributed by atoms with Gasteiger partial charge < -0.3 is 26.1 Å². The number of amides is 2. The fourth-order valence-electron chi connectivity index (χ4n) is 3.07. The number of nitrogens with two attached hydrogens (primary N) is 1. The van der Waals surface area contributed by atoms with Gasteiger partial charge in [-0.2, -0.15) is 11.8 Å². The van der Waals surface area contributed by atoms with Gasteiger partial charge in [0.1, 0.15) is 12.1 Å². The Morgan fingerprint density at radius 3 is 2.55 bits per heavy atom. The summed E-state index contributed by atoms with van der Waals surface area (Å²) in [4.78, 5) is 41.2. The number of hydrogen-bond donors (Lipinski definition) is 4. The van der Waals surface area contributed by atoms with Crippen LogP contribution in [-0.2, 0) is 25.5 Å². The maximum absolute atomic E-state index is 13.2. The molecule has 1 unspecified atom stereocenters. The van der Waals surface area contributed by atoms with Crippen molar-refractivity contribution in [2.24, 2.45) is 5.73 Å². The molecule has 0 aliphatic heterocycles. The molecule has 1 aromatic heterocycles. The fraction of sp³-hybridized carbons (Fsp3) is 0.500. The Balaban J connectivity index is 2.26. The van der Waals surface area contributed by atoms with Crippen molar-refractivity contribution in [3.05, 3.63) is 36.0 Å². The Kier molecular flexibility index (Phi) is 8.94. The van der Waals surface area contributed by atoms with Gasteiger partial charge in [-0.3, -0.25) is 9.59 Å². The molecule has 2 amide bonds. The zero-order valence-corrected chi connectivity index (χ0v) is 19.3. The molecule has 1 heterocycles. The van der Waals surface area contributed by atoms with E-state index >= 15 is 0 Å². The van der Waals surface area contributed by atoms with Crippen molar-refractivity contribution in [3.8, 4) is 0 Å². The van der Waals surface area contributed by atoms with Gasteiger partial charge in [0.25, 0.3) is 0 Å². The van der Waals surface area contributed by atoms with E-state index in [2.05, 4.69) is 15.6 Å². The molecule has 31 heavy (non-hydrogen) atoms. The number of esters is 1. The number of benzene rings is 1. The van der Waals surface area contributed by atoms with Crippen molar-refractivity contribution in [1.29, 1.82) is 0 Å². The highest BCUT2D eigenvalue weighted by molar-refractivity contribution is 7.98. The van der Waals surface area contributed by atoms with Gasteiger partial charge in [-0.05, 0) is 50.8 Å². The number of aromatic amines is 1. The summed E-state index contributed by atoms with van der Waals surface area (Å²) >= 11 is 1.57. The zero-order valence-electron chi connectivity index (χ0n) is 18.5. The summed E-state index contributed by atoms with van der Waals surface area (Å²) in [5.74, 6) is -0.716. The summed E-state index contributed by atoms with van der Waals surface area (Å²) in [5, 5.41) is 6.47. The molecule has 2 aromatic rings. The van der Waals surface area contributed by atoms with Gasteiger partial charge in [0.15, 0.2) is 0 Å². The van der Waals surface area contributed by atoms with Gasteiger partial charge in [-0.15, -0.1) is 0 Å². The Labute approximate surface area is 187 Å². The second-order valence-corrected chi connectivity index (χ2v) is 8.89. The lowest BCUT2D eigenvalue weighted by Crippen LogP contribution is -2.58. The fourth-order valence-corrected chi connectivity index (χ4v) is 3.55. The molecular formula is C22H32N4O4S. The Hall–Kier alpha value is -2.52. The molecule has 1 aromatic carbocycles. The number of ether oxygens (including phenoxy) is 1. The van der Waals surface area contributed by atoms with E-state index < -0.39 is 35.4 Å². The van der Waals surface area contributed by atoms with Crippen LogP contribution in [0.2, 0.25) is 0 Å². The monoisotopic (exact) mass is 448 g/mol. The molecule has 9 heteroatoms. The van der Waals surface area contributed by atoms with Crippen LogP contribution in [0, 0.1) is 0 Å². The highest BCUT2D eigenvalue weighted by Crippen LogP contribution is 2.19. The Morgan fingerprint density at radius 1 is 1.19 bits per heavy atom. The average Bonchev–Trinajstić information content (AvgIpc) is 3.12. The molecule has 0 radical (unpaired) electrons. The number of fused-ring (bicyclic) bond motifs is 1. The smallest absolute Gasteiger partial charge is 0.328 e. The second-order valence-electron chi connectivity index (χ2n) is 7.91. The first-order valence-electron chi connectivity index (χ1n) is 10.3. The van der Waals surface area contributed by atoms with Gasteiger partial charge in [-0.1, -0.05) is 18.2 Å². The van der Waals surface area contributed by atoms with Crippen LogP contribution >= 0.6 is 11.8 Å². The highest BCUT2D eigenvalue weighted by atomic mass is 32.2. The molecule has 0 fully saturated rings. The quantitative estimate of drug-likeness (QED) is 0.388. The Bertz CT molecular complexity index is 906. The number of aromatic nitrogens is 1. The minimum atomic E-state index is -1.15. The number of carbonyl (C=O) groups excluding carboxylic acids is 3. The van der Waals surface area contributed by atoms with E-state index in [1.165, 1.54) is 0 Å². The molecule has 0 aliphatic carbocycles. The van der Waals surface area contributed by atoms with Crippen molar-refractivity contribution in [2.75, 3.05) is 18.6 Å². The van der Waals surface area contributed by atoms with Crippen molar-refractivity contribution >= 4 is 40.4 Å². The van der Waals surface area contributed by atoms with Crippen LogP contribution in [0.1, 0.15) is 32.8 Å². The average molecular weight is 449 g/mol. The minimum Gasteiger partial charge on any atom is -0.464 e. The van der Waals surface area contributed by atoms with Gasteiger partial charge in [0, 0.05) is 23.5 Å². The predicted molar refractivity (Wildman–Crippen MR) is 124 cm³/mol. The highest BCUT2D eigenvalue weighted by Gasteiger charge is 2.31. The number of carbonyl (C=O) groups is 3. The summed E-state index contributed by atoms with van der Waals surface area (Å²) in [6, 6.07) is 6.03. The first kappa shape index (κ1) is 24.7. The largest absolute Gasteiger partial charge is 0.464 e. The van der Waals surface area contributed by atoms with Crippen LogP contribution in [-0.4, -0.2) is 59.0 Å². The minimum absolute atomic E-state index is 0.224. The van der Waals surface area contributed by atoms with Crippen LogP contribution in [0.25, 0.3) is 10.9 Å². The lowest BCUT2D eigenvalue weighted by atomic mass is 10.0. The number of hydrogen-bond acceptors (Lipinski definition) is 6. The van der Waals surface area contributed by atoms with Crippen molar-refractivity contribution in [1.82, 2.24) is 15.6 Å². The van der Waals surface area contributed by atoms with Crippen LogP contribution in [0.5, 0.6) is 0 Å². The lowest BCUT2D eigenvalue weighted by molar-refractivity contribution is -0.147. The molecule has 0 spiro atoms. The molecule has 2 rings (SSSR count). The van der Waals surface area contributed by atoms with Crippen molar-refractivity contribution in [3.63, 3.8) is 0 Å². The SMILES string of the molecule is CCOC(=O)[C@@H](CCSC)NC(=O)C(Cc1c[nH]c2ccccc12)NC(=O)C(C)(C)N. The molecule has 0 saturated heterocycles. The normalized spacial score (nSPS) is 13.5. The van der Waals surface area contributed by atoms with E-state index in [-0.39, 0.29) is 13.0 Å². The number of H-pyrrole nitrogens is 1. The van der Waals surface area contributed by atoms with E-state index in [4.69, 9.17) is 10.5 Å². The van der Waals surface area contributed by atoms with Crippen LogP contribution in [0.3, 0.4) is 0 Å². The van der Waals surface area contributed by atoms with Gasteiger partial charge in [-0.25, -0.2) is 4.79 Å². The van der Waals surface area contributed by atoms with Crippen molar-refractivity contribution < 1.29 is 19.1 Å². The van der Waals surface area contributed by atoms with E-state index in [0.29, 0.717) is 12.2 Å². The maximum Gasteiger partial charge on any atom is 0.328 e. The molecule has 0 bridgehead atoms. The summed E-state index contributed by atoms with van der Waals surface area (Å²) in [5.41, 5.74) is 6.58. The van der Waals surface area contributed by atoms with E-state index in [1.54, 1.807) is 32.5 Å². The number of rotatable bonds is 11. The standard InChI is InChI=1S/C22H32N4O4S/c1-5-30-20(28)17(10-11-31-4)25-19(27)18(26-21(29)22(2,3)23)12-14-13-24-16-9-7-6-8-15(14)16/h6-9,13,17-18,24H,5,10-12,23H2,1-4H3,(H,25,27)(H,26,29)/t17-,18?/m1/s1. The van der Waals surface area contributed by atoms with Crippen LogP contribution < -0.4 is 16.4 Å². The number of thioether (sulfide) groups is 1. The predicted octanol–water partition coefficient (Wildman–Crippen LogP) is 1.73. The molecule has 2 atom stereocenters. The lowest BCUT2D eigenvalue weighted by Gasteiger charge is -2.25. The maximum atomic E-state index is 13.2. The van der Waals surface area contributed by atoms with E-state index in [1.807, 2.05) is 36.7 Å². The molecule has 0 aliphatic rings. The summed E-state index contributed by atoms with van der Waals surface area (Å²) in [7, 11) is 0. The third kappa shape index (κ3) is 7.00. The van der Waals surface area contributed by atoms with Gasteiger partial charge >= 0.3 is 5.97 Å². The van der Waals surface area contributed by atoms with Crippen LogP contribution in [0.4, 0.5) is 0 Å². The third-order valence-corrected chi connectivity index (χ3v) is 5.45. The Morgan fingerprint density at radius 2 is 1.90 bits per heavy atom. The van der Waals surface area contributed by atoms with E-state index in [0.717, 1.165) is 16.5 Å². The number of nitrogens with one attached hydrogen (secondary N) is 3. The van der Waals surface area contributed by atoms with E-state index in [9.17, 15) is 14.4 Å². The molecule has 5 N–H and O–H groups in total. The van der Waals surface area contributed by atoms with Gasteiger partial charge in [0.05, 0.1) is 12.1 Å². The summed E-state index contributed by atoms with van der Waals surface area (Å²) < 4.78 is 5.11.